The first-order valence-corrected chi connectivity index (χ1v) is 10.2. The number of Topliss-reactive ketones (excluding diaryl/α,β-unsaturated/α-hetero) is 1. The maximum absolute atomic E-state index is 11.9. The molecule has 0 aromatic carbocycles. The smallest absolute Gasteiger partial charge is 0.140 e. The van der Waals surface area contributed by atoms with E-state index in [-0.39, 0.29) is 12.2 Å². The van der Waals surface area contributed by atoms with Crippen LogP contribution in [0.1, 0.15) is 56.9 Å². The van der Waals surface area contributed by atoms with Crippen molar-refractivity contribution in [3.63, 3.8) is 0 Å². The zero-order chi connectivity index (χ0) is 18.6. The molecular formula is C22H27N3O2. The molecule has 1 aromatic heterocycles. The summed E-state index contributed by atoms with van der Waals surface area (Å²) in [6.07, 6.45) is 7.39. The Bertz CT molecular complexity index is 826. The molecule has 5 rings (SSSR count). The Morgan fingerprint density at radius 1 is 1.15 bits per heavy atom. The molecule has 2 aliphatic carbocycles. The molecule has 5 heteroatoms. The highest BCUT2D eigenvalue weighted by atomic mass is 16.3. The van der Waals surface area contributed by atoms with Crippen LogP contribution in [0.25, 0.3) is 0 Å². The van der Waals surface area contributed by atoms with Crippen LogP contribution in [0.5, 0.6) is 0 Å². The van der Waals surface area contributed by atoms with E-state index >= 15 is 0 Å². The molecule has 3 heterocycles. The third-order valence-corrected chi connectivity index (χ3v) is 6.57. The van der Waals surface area contributed by atoms with Gasteiger partial charge in [0.25, 0.3) is 0 Å². The third-order valence-electron chi connectivity index (χ3n) is 6.57. The largest absolute Gasteiger partial charge is 0.385 e. The van der Waals surface area contributed by atoms with Crippen LogP contribution in [-0.2, 0) is 4.79 Å². The number of ketones is 1. The summed E-state index contributed by atoms with van der Waals surface area (Å²) in [5.74, 6) is 2.32. The molecule has 142 valence electrons. The molecule has 1 saturated carbocycles. The normalized spacial score (nSPS) is 29.2. The summed E-state index contributed by atoms with van der Waals surface area (Å²) in [4.78, 5) is 23.7. The van der Waals surface area contributed by atoms with Gasteiger partial charge < -0.3 is 10.0 Å². The molecule has 2 fully saturated rings. The van der Waals surface area contributed by atoms with Crippen molar-refractivity contribution in [1.82, 2.24) is 4.98 Å². The van der Waals surface area contributed by atoms with Crippen molar-refractivity contribution < 1.29 is 9.90 Å². The predicted octanol–water partition coefficient (Wildman–Crippen LogP) is 3.04. The molecule has 1 N–H and O–H groups in total. The van der Waals surface area contributed by atoms with Crippen LogP contribution in [0.4, 0.5) is 5.82 Å². The van der Waals surface area contributed by atoms with E-state index in [2.05, 4.69) is 17.0 Å². The molecule has 0 bridgehead atoms. The maximum atomic E-state index is 11.9. The minimum atomic E-state index is -1.04. The number of hydrogen-bond donors (Lipinski definition) is 1. The van der Waals surface area contributed by atoms with E-state index in [1.807, 2.05) is 6.20 Å². The van der Waals surface area contributed by atoms with Gasteiger partial charge >= 0.3 is 0 Å². The van der Waals surface area contributed by atoms with E-state index in [1.165, 1.54) is 18.4 Å². The number of aliphatic hydroxyl groups is 1. The second-order valence-electron chi connectivity index (χ2n) is 8.83. The molecule has 4 aliphatic rings. The average molecular weight is 365 g/mol. The Morgan fingerprint density at radius 3 is 2.59 bits per heavy atom. The monoisotopic (exact) mass is 365 g/mol. The summed E-state index contributed by atoms with van der Waals surface area (Å²) >= 11 is 0. The van der Waals surface area contributed by atoms with Crippen molar-refractivity contribution in [3.05, 3.63) is 35.0 Å². The predicted molar refractivity (Wildman–Crippen MR) is 105 cm³/mol. The van der Waals surface area contributed by atoms with Crippen molar-refractivity contribution >= 4 is 17.3 Å². The summed E-state index contributed by atoms with van der Waals surface area (Å²) in [5.41, 5.74) is 3.43. The third kappa shape index (κ3) is 3.12. The van der Waals surface area contributed by atoms with Crippen LogP contribution >= 0.6 is 0 Å². The summed E-state index contributed by atoms with van der Waals surface area (Å²) in [6, 6.07) is 4.40. The zero-order valence-electron chi connectivity index (χ0n) is 15.9. The van der Waals surface area contributed by atoms with E-state index in [4.69, 9.17) is 9.98 Å². The first-order chi connectivity index (χ1) is 13.0. The van der Waals surface area contributed by atoms with Crippen molar-refractivity contribution in [3.8, 4) is 0 Å². The number of carbonyl (C=O) groups excluding carboxylic acids is 1. The highest BCUT2D eigenvalue weighted by Crippen LogP contribution is 2.41. The Balaban J connectivity index is 1.27. The number of nitrogens with zero attached hydrogens (tertiary/aromatic N) is 3. The quantitative estimate of drug-likeness (QED) is 0.894. The Labute approximate surface area is 160 Å². The molecule has 1 saturated heterocycles. The Morgan fingerprint density at radius 2 is 1.93 bits per heavy atom. The Hall–Kier alpha value is -2.01. The first kappa shape index (κ1) is 17.1. The minimum Gasteiger partial charge on any atom is -0.385 e. The van der Waals surface area contributed by atoms with Gasteiger partial charge in [0.2, 0.25) is 0 Å². The van der Waals surface area contributed by atoms with Crippen LogP contribution in [-0.4, -0.2) is 46.8 Å². The fourth-order valence-electron chi connectivity index (χ4n) is 5.05. The van der Waals surface area contributed by atoms with Gasteiger partial charge in [0.05, 0.1) is 12.1 Å². The topological polar surface area (TPSA) is 65.8 Å². The van der Waals surface area contributed by atoms with Crippen molar-refractivity contribution in [2.75, 3.05) is 24.5 Å². The molecule has 0 radical (unpaired) electrons. The van der Waals surface area contributed by atoms with E-state index in [9.17, 15) is 9.90 Å². The SMILES string of the molecule is CC1(O)CC(=O)CC2=C1C(C1CCN(c3ccc(C4CC4)cn3)CC1)=NC2. The number of pyridine rings is 1. The molecule has 1 aromatic rings. The number of aliphatic imine (C=N–C) groups is 1. The molecule has 1 unspecified atom stereocenters. The number of hydrogen-bond acceptors (Lipinski definition) is 5. The number of aromatic nitrogens is 1. The molecule has 1 atom stereocenters. The summed E-state index contributed by atoms with van der Waals surface area (Å²) < 4.78 is 0. The number of rotatable bonds is 3. The lowest BCUT2D eigenvalue weighted by Gasteiger charge is -2.37. The van der Waals surface area contributed by atoms with E-state index < -0.39 is 5.60 Å². The minimum absolute atomic E-state index is 0.130. The summed E-state index contributed by atoms with van der Waals surface area (Å²) in [6.45, 7) is 4.30. The van der Waals surface area contributed by atoms with Crippen molar-refractivity contribution in [2.24, 2.45) is 10.9 Å². The van der Waals surface area contributed by atoms with Gasteiger partial charge in [-0.2, -0.15) is 0 Å². The lowest BCUT2D eigenvalue weighted by Crippen LogP contribution is -2.42. The van der Waals surface area contributed by atoms with Crippen LogP contribution < -0.4 is 4.90 Å². The van der Waals surface area contributed by atoms with Crippen LogP contribution in [0.15, 0.2) is 34.5 Å². The number of anilines is 1. The fraction of sp³-hybridized carbons (Fsp3) is 0.591. The van der Waals surface area contributed by atoms with Gasteiger partial charge in [-0.05, 0) is 55.7 Å². The van der Waals surface area contributed by atoms with Crippen LogP contribution in [0.3, 0.4) is 0 Å². The van der Waals surface area contributed by atoms with Gasteiger partial charge in [-0.15, -0.1) is 0 Å². The second kappa shape index (κ2) is 6.26. The Kier molecular flexibility index (Phi) is 3.97. The second-order valence-corrected chi connectivity index (χ2v) is 8.83. The zero-order valence-corrected chi connectivity index (χ0v) is 15.9. The van der Waals surface area contributed by atoms with Crippen LogP contribution in [0, 0.1) is 5.92 Å². The van der Waals surface area contributed by atoms with Gasteiger partial charge in [-0.3, -0.25) is 9.79 Å². The molecule has 27 heavy (non-hydrogen) atoms. The number of carbonyl (C=O) groups is 1. The molecule has 2 aliphatic heterocycles. The highest BCUT2D eigenvalue weighted by molar-refractivity contribution is 6.08. The fourth-order valence-corrected chi connectivity index (χ4v) is 5.05. The maximum Gasteiger partial charge on any atom is 0.140 e. The summed E-state index contributed by atoms with van der Waals surface area (Å²) in [7, 11) is 0. The lowest BCUT2D eigenvalue weighted by molar-refractivity contribution is -0.122. The first-order valence-electron chi connectivity index (χ1n) is 10.2. The van der Waals surface area contributed by atoms with Crippen LogP contribution in [0.2, 0.25) is 0 Å². The van der Waals surface area contributed by atoms with Gasteiger partial charge in [0, 0.05) is 49.3 Å². The standard InChI is InChI=1S/C22H27N3O2/c1-22(27)11-18(26)10-17-13-24-21(20(17)22)15-6-8-25(9-7-15)19-5-4-16(12-23-19)14-2-3-14/h4-5,12,14-15,27H,2-3,6-11,13H2,1H3. The van der Waals surface area contributed by atoms with Gasteiger partial charge in [0.1, 0.15) is 11.6 Å². The highest BCUT2D eigenvalue weighted by Gasteiger charge is 2.43. The van der Waals surface area contributed by atoms with E-state index in [0.29, 0.717) is 18.9 Å². The lowest BCUT2D eigenvalue weighted by atomic mass is 9.74. The van der Waals surface area contributed by atoms with Gasteiger partial charge in [-0.25, -0.2) is 4.98 Å². The molecule has 0 spiro atoms. The van der Waals surface area contributed by atoms with Gasteiger partial charge in [-0.1, -0.05) is 6.07 Å². The number of piperidine rings is 1. The van der Waals surface area contributed by atoms with Crippen molar-refractivity contribution in [1.29, 1.82) is 0 Å². The summed E-state index contributed by atoms with van der Waals surface area (Å²) in [5, 5.41) is 10.8. The van der Waals surface area contributed by atoms with E-state index in [1.54, 1.807) is 6.92 Å². The molecule has 5 nitrogen and oxygen atoms in total. The van der Waals surface area contributed by atoms with Gasteiger partial charge in [0.15, 0.2) is 0 Å². The van der Waals surface area contributed by atoms with Crippen molar-refractivity contribution in [2.45, 2.75) is 57.0 Å². The average Bonchev–Trinajstić information content (AvgIpc) is 3.41. The molecular weight excluding hydrogens is 338 g/mol. The molecule has 0 amide bonds. The van der Waals surface area contributed by atoms with E-state index in [0.717, 1.165) is 54.5 Å².